The van der Waals surface area contributed by atoms with Crippen molar-refractivity contribution in [2.75, 3.05) is 32.6 Å². The highest BCUT2D eigenvalue weighted by atomic mass is 35.5. The zero-order valence-electron chi connectivity index (χ0n) is 12.5. The second-order valence-corrected chi connectivity index (χ2v) is 4.73. The van der Waals surface area contributed by atoms with Crippen LogP contribution in [-0.2, 0) is 4.74 Å². The molecule has 1 saturated heterocycles. The highest BCUT2D eigenvalue weighted by Crippen LogP contribution is 2.27. The molecule has 0 unspecified atom stereocenters. The Kier molecular flexibility index (Phi) is 8.27. The van der Waals surface area contributed by atoms with Crippen LogP contribution in [0.5, 0.6) is 0 Å². The summed E-state index contributed by atoms with van der Waals surface area (Å²) in [5.41, 5.74) is 5.93. The van der Waals surface area contributed by atoms with Crippen molar-refractivity contribution >= 4 is 36.5 Å². The number of nitrogens with zero attached hydrogens (tertiary/aromatic N) is 2. The standard InChI is InChI=1S/C13H19N5O2.2ClH/c1-4-10-11(12(14)19)13(15-2)18(17-10)9-5-8(7-20-3)16-6-9;;/h1,8-9,15-16H,5-7H2,2-3H3,(H2,14,19);2*1H/t8-,9+;;/m1../s1. The quantitative estimate of drug-likeness (QED) is 0.669. The first-order valence-electron chi connectivity index (χ1n) is 6.41. The molecule has 2 rings (SSSR count). The van der Waals surface area contributed by atoms with Crippen molar-refractivity contribution in [3.05, 3.63) is 11.3 Å². The van der Waals surface area contributed by atoms with Gasteiger partial charge < -0.3 is 21.1 Å². The number of hydrogen-bond acceptors (Lipinski definition) is 5. The molecule has 1 aromatic heterocycles. The SMILES string of the molecule is C#Cc1nn([C@@H]2CN[C@@H](COC)C2)c(NC)c1C(N)=O.Cl.Cl. The Morgan fingerprint density at radius 3 is 2.82 bits per heavy atom. The molecule has 0 spiro atoms. The fourth-order valence-corrected chi connectivity index (χ4v) is 2.58. The first kappa shape index (κ1) is 20.5. The fourth-order valence-electron chi connectivity index (χ4n) is 2.58. The normalized spacial score (nSPS) is 19.7. The Morgan fingerprint density at radius 1 is 1.64 bits per heavy atom. The molecule has 1 amide bonds. The highest BCUT2D eigenvalue weighted by molar-refractivity contribution is 6.00. The van der Waals surface area contributed by atoms with Crippen molar-refractivity contribution in [3.63, 3.8) is 0 Å². The number of aromatic nitrogens is 2. The van der Waals surface area contributed by atoms with Crippen molar-refractivity contribution in [1.29, 1.82) is 0 Å². The average molecular weight is 350 g/mol. The lowest BCUT2D eigenvalue weighted by molar-refractivity contribution is 0.100. The van der Waals surface area contributed by atoms with Crippen molar-refractivity contribution in [2.45, 2.75) is 18.5 Å². The molecule has 1 fully saturated rings. The molecule has 0 saturated carbocycles. The number of amides is 1. The maximum Gasteiger partial charge on any atom is 0.255 e. The number of carbonyl (C=O) groups is 1. The summed E-state index contributed by atoms with van der Waals surface area (Å²) in [5.74, 6) is 2.40. The molecular weight excluding hydrogens is 329 g/mol. The highest BCUT2D eigenvalue weighted by Gasteiger charge is 2.30. The van der Waals surface area contributed by atoms with E-state index in [1.165, 1.54) is 0 Å². The van der Waals surface area contributed by atoms with Crippen LogP contribution in [0, 0.1) is 12.3 Å². The number of ether oxygens (including phenoxy) is 1. The van der Waals surface area contributed by atoms with E-state index >= 15 is 0 Å². The van der Waals surface area contributed by atoms with Crippen LogP contribution in [0.1, 0.15) is 28.5 Å². The average Bonchev–Trinajstić information content (AvgIpc) is 3.01. The number of halogens is 2. The molecule has 9 heteroatoms. The van der Waals surface area contributed by atoms with E-state index in [-0.39, 0.29) is 48.2 Å². The second-order valence-electron chi connectivity index (χ2n) is 4.73. The first-order chi connectivity index (χ1) is 9.62. The lowest BCUT2D eigenvalue weighted by Gasteiger charge is -2.14. The van der Waals surface area contributed by atoms with E-state index < -0.39 is 5.91 Å². The summed E-state index contributed by atoms with van der Waals surface area (Å²) in [5, 5.41) is 10.7. The number of rotatable bonds is 5. The summed E-state index contributed by atoms with van der Waals surface area (Å²) >= 11 is 0. The van der Waals surface area contributed by atoms with Gasteiger partial charge in [-0.2, -0.15) is 5.10 Å². The molecule has 2 heterocycles. The van der Waals surface area contributed by atoms with Gasteiger partial charge in [0.05, 0.1) is 12.6 Å². The summed E-state index contributed by atoms with van der Waals surface area (Å²) < 4.78 is 6.89. The lowest BCUT2D eigenvalue weighted by atomic mass is 10.2. The van der Waals surface area contributed by atoms with E-state index in [0.29, 0.717) is 12.4 Å². The molecule has 0 aliphatic carbocycles. The Labute approximate surface area is 142 Å². The van der Waals surface area contributed by atoms with Crippen LogP contribution >= 0.6 is 24.8 Å². The fraction of sp³-hybridized carbons (Fsp3) is 0.538. The summed E-state index contributed by atoms with van der Waals surface area (Å²) in [6, 6.07) is 0.378. The van der Waals surface area contributed by atoms with Gasteiger partial charge in [0.2, 0.25) is 0 Å². The third-order valence-electron chi connectivity index (χ3n) is 3.44. The summed E-state index contributed by atoms with van der Waals surface area (Å²) in [6.07, 6.45) is 6.26. The van der Waals surface area contributed by atoms with Crippen molar-refractivity contribution in [1.82, 2.24) is 15.1 Å². The van der Waals surface area contributed by atoms with Gasteiger partial charge in [0, 0.05) is 26.7 Å². The number of nitrogens with one attached hydrogen (secondary N) is 2. The third kappa shape index (κ3) is 3.84. The molecule has 1 aromatic rings. The van der Waals surface area contributed by atoms with E-state index in [4.69, 9.17) is 16.9 Å². The predicted octanol–water partition coefficient (Wildman–Crippen LogP) is 0.398. The van der Waals surface area contributed by atoms with E-state index in [2.05, 4.69) is 21.7 Å². The minimum Gasteiger partial charge on any atom is -0.383 e. The molecule has 1 aliphatic rings. The van der Waals surface area contributed by atoms with Gasteiger partial charge in [-0.1, -0.05) is 0 Å². The Morgan fingerprint density at radius 2 is 2.32 bits per heavy atom. The Balaban J connectivity index is 0.00000220. The van der Waals surface area contributed by atoms with Gasteiger partial charge in [-0.3, -0.25) is 4.79 Å². The lowest BCUT2D eigenvalue weighted by Crippen LogP contribution is -2.25. The summed E-state index contributed by atoms with van der Waals surface area (Å²) in [4.78, 5) is 11.6. The van der Waals surface area contributed by atoms with Crippen LogP contribution in [0.15, 0.2) is 0 Å². The van der Waals surface area contributed by atoms with Gasteiger partial charge in [-0.15, -0.1) is 31.2 Å². The van der Waals surface area contributed by atoms with Crippen molar-refractivity contribution < 1.29 is 9.53 Å². The van der Waals surface area contributed by atoms with Crippen LogP contribution in [-0.4, -0.2) is 49.0 Å². The van der Waals surface area contributed by atoms with Gasteiger partial charge in [-0.25, -0.2) is 4.68 Å². The molecule has 1 aliphatic heterocycles. The molecular formula is C13H21Cl2N5O2. The van der Waals surface area contributed by atoms with E-state index in [9.17, 15) is 4.79 Å². The van der Waals surface area contributed by atoms with Crippen LogP contribution in [0.3, 0.4) is 0 Å². The van der Waals surface area contributed by atoms with E-state index in [1.54, 1.807) is 18.8 Å². The molecule has 0 radical (unpaired) electrons. The zero-order valence-corrected chi connectivity index (χ0v) is 14.1. The molecule has 7 nitrogen and oxygen atoms in total. The number of primary amides is 1. The summed E-state index contributed by atoms with van der Waals surface area (Å²) in [6.45, 7) is 1.38. The van der Waals surface area contributed by atoms with Gasteiger partial charge in [-0.05, 0) is 12.3 Å². The number of nitrogens with two attached hydrogens (primary N) is 1. The smallest absolute Gasteiger partial charge is 0.255 e. The predicted molar refractivity (Wildman–Crippen MR) is 90.0 cm³/mol. The number of methoxy groups -OCH3 is 1. The van der Waals surface area contributed by atoms with E-state index in [0.717, 1.165) is 13.0 Å². The monoisotopic (exact) mass is 349 g/mol. The third-order valence-corrected chi connectivity index (χ3v) is 3.44. The van der Waals surface area contributed by atoms with Gasteiger partial charge in [0.15, 0.2) is 0 Å². The minimum atomic E-state index is -0.576. The van der Waals surface area contributed by atoms with Crippen molar-refractivity contribution in [2.24, 2.45) is 5.73 Å². The van der Waals surface area contributed by atoms with Crippen LogP contribution in [0.25, 0.3) is 0 Å². The van der Waals surface area contributed by atoms with Crippen molar-refractivity contribution in [3.8, 4) is 12.3 Å². The van der Waals surface area contributed by atoms with Crippen LogP contribution in [0.2, 0.25) is 0 Å². The molecule has 0 aromatic carbocycles. The number of hydrogen-bond donors (Lipinski definition) is 3. The molecule has 4 N–H and O–H groups in total. The van der Waals surface area contributed by atoms with E-state index in [1.807, 2.05) is 0 Å². The Bertz CT molecular complexity index is 555. The second kappa shape index (κ2) is 8.86. The van der Waals surface area contributed by atoms with Gasteiger partial charge in [0.1, 0.15) is 17.1 Å². The maximum absolute atomic E-state index is 11.6. The molecule has 0 bridgehead atoms. The summed E-state index contributed by atoms with van der Waals surface area (Å²) in [7, 11) is 3.39. The van der Waals surface area contributed by atoms with Gasteiger partial charge in [0.25, 0.3) is 5.91 Å². The minimum absolute atomic E-state index is 0. The first-order valence-corrected chi connectivity index (χ1v) is 6.41. The maximum atomic E-state index is 11.6. The van der Waals surface area contributed by atoms with Crippen LogP contribution in [0.4, 0.5) is 5.82 Å². The topological polar surface area (TPSA) is 94.2 Å². The Hall–Kier alpha value is -1.46. The molecule has 124 valence electrons. The molecule has 22 heavy (non-hydrogen) atoms. The number of terminal acetylenes is 1. The largest absolute Gasteiger partial charge is 0.383 e. The number of carbonyl (C=O) groups excluding carboxylic acids is 1. The number of anilines is 1. The van der Waals surface area contributed by atoms with Gasteiger partial charge >= 0.3 is 0 Å². The van der Waals surface area contributed by atoms with Crippen LogP contribution < -0.4 is 16.4 Å². The molecule has 2 atom stereocenters. The zero-order chi connectivity index (χ0) is 14.7.